The predicted octanol–water partition coefficient (Wildman–Crippen LogP) is 4.02. The largest absolute Gasteiger partial charge is 0.369 e. The van der Waals surface area contributed by atoms with Crippen molar-refractivity contribution >= 4 is 28.6 Å². The molecule has 3 aromatic rings. The van der Waals surface area contributed by atoms with E-state index in [1.54, 1.807) is 12.1 Å². The van der Waals surface area contributed by atoms with Gasteiger partial charge in [-0.2, -0.15) is 0 Å². The summed E-state index contributed by atoms with van der Waals surface area (Å²) in [5, 5.41) is 0.579. The van der Waals surface area contributed by atoms with Crippen molar-refractivity contribution in [1.29, 1.82) is 0 Å². The Bertz CT molecular complexity index is 782. The molecule has 2 aromatic carbocycles. The minimum atomic E-state index is -0.275. The van der Waals surface area contributed by atoms with Gasteiger partial charge in [0.1, 0.15) is 5.82 Å². The van der Waals surface area contributed by atoms with E-state index in [1.165, 1.54) is 12.1 Å². The van der Waals surface area contributed by atoms with Gasteiger partial charge in [-0.25, -0.2) is 9.37 Å². The Morgan fingerprint density at radius 3 is 2.75 bits per heavy atom. The highest BCUT2D eigenvalue weighted by Crippen LogP contribution is 2.31. The number of nitrogens with zero attached hydrogens (tertiary/aromatic N) is 2. The van der Waals surface area contributed by atoms with Crippen molar-refractivity contribution in [3.05, 3.63) is 58.9 Å². The molecule has 102 valence electrons. The van der Waals surface area contributed by atoms with Crippen molar-refractivity contribution in [1.82, 2.24) is 9.55 Å². The number of para-hydroxylation sites is 1. The average molecular weight is 290 g/mol. The topological polar surface area (TPSA) is 43.8 Å². The van der Waals surface area contributed by atoms with Gasteiger partial charge in [-0.05, 0) is 36.8 Å². The lowest BCUT2D eigenvalue weighted by molar-refractivity contribution is 0.612. The van der Waals surface area contributed by atoms with E-state index in [0.717, 1.165) is 16.6 Å². The van der Waals surface area contributed by atoms with E-state index in [4.69, 9.17) is 17.3 Å². The number of halogens is 2. The van der Waals surface area contributed by atoms with Crippen LogP contribution in [0.1, 0.15) is 18.5 Å². The number of hydrogen-bond acceptors (Lipinski definition) is 2. The van der Waals surface area contributed by atoms with E-state index >= 15 is 0 Å². The van der Waals surface area contributed by atoms with Crippen molar-refractivity contribution < 1.29 is 4.39 Å². The highest BCUT2D eigenvalue weighted by atomic mass is 35.5. The lowest BCUT2D eigenvalue weighted by Crippen LogP contribution is -2.10. The third-order valence-electron chi connectivity index (χ3n) is 3.41. The molecule has 2 N–H and O–H groups in total. The summed E-state index contributed by atoms with van der Waals surface area (Å²) >= 11 is 6.25. The second-order valence-electron chi connectivity index (χ2n) is 4.68. The summed E-state index contributed by atoms with van der Waals surface area (Å²) in [5.41, 5.74) is 8.32. The lowest BCUT2D eigenvalue weighted by Gasteiger charge is -2.17. The fourth-order valence-corrected chi connectivity index (χ4v) is 2.69. The molecule has 0 saturated carbocycles. The lowest BCUT2D eigenvalue weighted by atomic mass is 10.1. The van der Waals surface area contributed by atoms with Crippen LogP contribution in [0, 0.1) is 5.82 Å². The summed E-state index contributed by atoms with van der Waals surface area (Å²) in [7, 11) is 0. The Labute approximate surface area is 120 Å². The molecule has 0 radical (unpaired) electrons. The van der Waals surface area contributed by atoms with E-state index in [1.807, 2.05) is 29.7 Å². The molecular weight excluding hydrogens is 277 g/mol. The first-order valence-corrected chi connectivity index (χ1v) is 6.63. The van der Waals surface area contributed by atoms with Gasteiger partial charge in [0.05, 0.1) is 22.1 Å². The summed E-state index contributed by atoms with van der Waals surface area (Å²) in [6.07, 6.45) is 0. The van der Waals surface area contributed by atoms with E-state index in [2.05, 4.69) is 4.98 Å². The minimum Gasteiger partial charge on any atom is -0.369 e. The predicted molar refractivity (Wildman–Crippen MR) is 79.4 cm³/mol. The Hall–Kier alpha value is -2.07. The molecule has 5 heteroatoms. The van der Waals surface area contributed by atoms with Gasteiger partial charge in [0, 0.05) is 0 Å². The van der Waals surface area contributed by atoms with Gasteiger partial charge >= 0.3 is 0 Å². The van der Waals surface area contributed by atoms with Crippen molar-refractivity contribution in [2.45, 2.75) is 13.0 Å². The van der Waals surface area contributed by atoms with Crippen LogP contribution in [0.4, 0.5) is 10.3 Å². The van der Waals surface area contributed by atoms with Gasteiger partial charge in [-0.3, -0.25) is 0 Å². The second-order valence-corrected chi connectivity index (χ2v) is 5.09. The third-order valence-corrected chi connectivity index (χ3v) is 3.71. The molecule has 1 aromatic heterocycles. The number of imidazole rings is 1. The Kier molecular flexibility index (Phi) is 3.10. The van der Waals surface area contributed by atoms with Crippen LogP contribution < -0.4 is 5.73 Å². The average Bonchev–Trinajstić information content (AvgIpc) is 2.75. The molecule has 0 amide bonds. The van der Waals surface area contributed by atoms with Crippen LogP contribution in [0.25, 0.3) is 11.0 Å². The maximum Gasteiger partial charge on any atom is 0.201 e. The van der Waals surface area contributed by atoms with Crippen LogP contribution in [0.3, 0.4) is 0 Å². The highest BCUT2D eigenvalue weighted by Gasteiger charge is 2.17. The Balaban J connectivity index is 2.21. The standard InChI is InChI=1S/C15H13ClFN3/c1-9(10-4-2-5-11(17)8-10)20-14-12(16)6-3-7-13(14)19-15(20)18/h2-9H,1H3,(H2,18,19). The molecule has 3 rings (SSSR count). The van der Waals surface area contributed by atoms with Gasteiger partial charge in [0.2, 0.25) is 5.95 Å². The SMILES string of the molecule is CC(c1cccc(F)c1)n1c(N)nc2cccc(Cl)c21. The van der Waals surface area contributed by atoms with Gasteiger partial charge in [0.25, 0.3) is 0 Å². The smallest absolute Gasteiger partial charge is 0.201 e. The number of benzene rings is 2. The first kappa shape index (κ1) is 12.9. The van der Waals surface area contributed by atoms with E-state index in [-0.39, 0.29) is 11.9 Å². The minimum absolute atomic E-state index is 0.157. The van der Waals surface area contributed by atoms with E-state index < -0.39 is 0 Å². The molecular formula is C15H13ClFN3. The number of anilines is 1. The third kappa shape index (κ3) is 2.02. The maximum atomic E-state index is 13.4. The summed E-state index contributed by atoms with van der Waals surface area (Å²) < 4.78 is 15.2. The molecule has 0 aliphatic carbocycles. The van der Waals surface area contributed by atoms with Gasteiger partial charge in [-0.1, -0.05) is 29.8 Å². The zero-order valence-electron chi connectivity index (χ0n) is 10.8. The molecule has 0 saturated heterocycles. The summed E-state index contributed by atoms with van der Waals surface area (Å²) in [6.45, 7) is 1.94. The van der Waals surface area contributed by atoms with Crippen LogP contribution in [-0.4, -0.2) is 9.55 Å². The van der Waals surface area contributed by atoms with Crippen molar-refractivity contribution in [3.63, 3.8) is 0 Å². The van der Waals surface area contributed by atoms with Crippen LogP contribution >= 0.6 is 11.6 Å². The van der Waals surface area contributed by atoms with Crippen molar-refractivity contribution in [3.8, 4) is 0 Å². The molecule has 1 unspecified atom stereocenters. The van der Waals surface area contributed by atoms with E-state index in [0.29, 0.717) is 11.0 Å². The molecule has 0 spiro atoms. The molecule has 0 aliphatic heterocycles. The fourth-order valence-electron chi connectivity index (χ4n) is 2.43. The number of nitrogen functional groups attached to an aromatic ring is 1. The zero-order valence-corrected chi connectivity index (χ0v) is 11.6. The molecule has 0 bridgehead atoms. The molecule has 0 fully saturated rings. The first-order valence-electron chi connectivity index (χ1n) is 6.25. The van der Waals surface area contributed by atoms with Gasteiger partial charge < -0.3 is 10.3 Å². The van der Waals surface area contributed by atoms with E-state index in [9.17, 15) is 4.39 Å². The number of fused-ring (bicyclic) bond motifs is 1. The Morgan fingerprint density at radius 1 is 1.25 bits per heavy atom. The number of nitrogens with two attached hydrogens (primary N) is 1. The summed E-state index contributed by atoms with van der Waals surface area (Å²) in [6, 6.07) is 11.8. The fraction of sp³-hybridized carbons (Fsp3) is 0.133. The molecule has 0 aliphatic rings. The highest BCUT2D eigenvalue weighted by molar-refractivity contribution is 6.35. The van der Waals surface area contributed by atoms with Crippen LogP contribution in [-0.2, 0) is 0 Å². The zero-order chi connectivity index (χ0) is 14.3. The quantitative estimate of drug-likeness (QED) is 0.774. The molecule has 20 heavy (non-hydrogen) atoms. The normalized spacial score (nSPS) is 12.8. The van der Waals surface area contributed by atoms with Crippen molar-refractivity contribution in [2.24, 2.45) is 0 Å². The first-order chi connectivity index (χ1) is 9.58. The monoisotopic (exact) mass is 289 g/mol. The number of aromatic nitrogens is 2. The summed E-state index contributed by atoms with van der Waals surface area (Å²) in [5.74, 6) is 0.0910. The van der Waals surface area contributed by atoms with Crippen molar-refractivity contribution in [2.75, 3.05) is 5.73 Å². The molecule has 1 atom stereocenters. The van der Waals surface area contributed by atoms with Gasteiger partial charge in [0.15, 0.2) is 0 Å². The van der Waals surface area contributed by atoms with Crippen LogP contribution in [0.15, 0.2) is 42.5 Å². The number of rotatable bonds is 2. The molecule has 1 heterocycles. The maximum absolute atomic E-state index is 13.4. The van der Waals surface area contributed by atoms with Crippen LogP contribution in [0.5, 0.6) is 0 Å². The Morgan fingerprint density at radius 2 is 2.00 bits per heavy atom. The second kappa shape index (κ2) is 4.80. The van der Waals surface area contributed by atoms with Crippen LogP contribution in [0.2, 0.25) is 5.02 Å². The summed E-state index contributed by atoms with van der Waals surface area (Å²) in [4.78, 5) is 4.31. The van der Waals surface area contributed by atoms with Gasteiger partial charge in [-0.15, -0.1) is 0 Å². The molecule has 3 nitrogen and oxygen atoms in total. The number of hydrogen-bond donors (Lipinski definition) is 1.